The summed E-state index contributed by atoms with van der Waals surface area (Å²) in [4.78, 5) is 11.4. The highest BCUT2D eigenvalue weighted by molar-refractivity contribution is 5.76. The summed E-state index contributed by atoms with van der Waals surface area (Å²) in [5, 5.41) is 2.97. The van der Waals surface area contributed by atoms with E-state index in [-0.39, 0.29) is 5.91 Å². The Morgan fingerprint density at radius 1 is 1.38 bits per heavy atom. The Kier molecular flexibility index (Phi) is 4.87. The average molecular weight is 183 g/mol. The number of rotatable bonds is 5. The van der Waals surface area contributed by atoms with Crippen molar-refractivity contribution in [3.05, 3.63) is 0 Å². The van der Waals surface area contributed by atoms with Crippen LogP contribution in [0.5, 0.6) is 0 Å². The van der Waals surface area contributed by atoms with Crippen molar-refractivity contribution in [2.24, 2.45) is 5.92 Å². The van der Waals surface area contributed by atoms with Crippen molar-refractivity contribution >= 4 is 5.91 Å². The fraction of sp³-hybridized carbons (Fsp3) is 0.909. The zero-order valence-corrected chi connectivity index (χ0v) is 8.64. The minimum atomic E-state index is 0.264. The van der Waals surface area contributed by atoms with Gasteiger partial charge in [0.1, 0.15) is 0 Å². The molecule has 0 aliphatic heterocycles. The third-order valence-corrected chi connectivity index (χ3v) is 2.80. The maximum Gasteiger partial charge on any atom is 0.220 e. The highest BCUT2D eigenvalue weighted by atomic mass is 16.1. The Morgan fingerprint density at radius 2 is 2.08 bits per heavy atom. The normalized spacial score (nSPS) is 17.6. The summed E-state index contributed by atoms with van der Waals surface area (Å²) >= 11 is 0. The zero-order valence-electron chi connectivity index (χ0n) is 8.64. The van der Waals surface area contributed by atoms with Crippen molar-refractivity contribution in [2.45, 2.75) is 51.9 Å². The van der Waals surface area contributed by atoms with Crippen LogP contribution in [0.2, 0.25) is 0 Å². The minimum absolute atomic E-state index is 0.264. The van der Waals surface area contributed by atoms with Crippen molar-refractivity contribution in [1.82, 2.24) is 5.32 Å². The van der Waals surface area contributed by atoms with Crippen LogP contribution >= 0.6 is 0 Å². The van der Waals surface area contributed by atoms with E-state index in [9.17, 15) is 4.79 Å². The molecule has 1 N–H and O–H groups in total. The van der Waals surface area contributed by atoms with Gasteiger partial charge in [-0.1, -0.05) is 26.2 Å². The lowest BCUT2D eigenvalue weighted by Crippen LogP contribution is -2.25. The van der Waals surface area contributed by atoms with Gasteiger partial charge in [0, 0.05) is 13.0 Å². The van der Waals surface area contributed by atoms with Gasteiger partial charge in [-0.3, -0.25) is 4.79 Å². The van der Waals surface area contributed by atoms with Crippen LogP contribution < -0.4 is 5.32 Å². The molecule has 0 aromatic rings. The van der Waals surface area contributed by atoms with Gasteiger partial charge in [0.15, 0.2) is 0 Å². The first-order valence-corrected chi connectivity index (χ1v) is 5.59. The van der Waals surface area contributed by atoms with E-state index in [1.165, 1.54) is 25.7 Å². The Labute approximate surface area is 81.1 Å². The predicted molar refractivity (Wildman–Crippen MR) is 54.5 cm³/mol. The second-order valence-electron chi connectivity index (χ2n) is 4.06. The molecule has 76 valence electrons. The summed E-state index contributed by atoms with van der Waals surface area (Å²) in [7, 11) is 0. The zero-order chi connectivity index (χ0) is 9.52. The molecule has 1 fully saturated rings. The van der Waals surface area contributed by atoms with Crippen LogP contribution in [0.15, 0.2) is 0 Å². The maximum absolute atomic E-state index is 11.4. The third kappa shape index (κ3) is 4.30. The summed E-state index contributed by atoms with van der Waals surface area (Å²) in [6, 6.07) is 0. The van der Waals surface area contributed by atoms with Gasteiger partial charge >= 0.3 is 0 Å². The number of hydrogen-bond donors (Lipinski definition) is 1. The van der Waals surface area contributed by atoms with Crippen LogP contribution in [-0.4, -0.2) is 12.5 Å². The van der Waals surface area contributed by atoms with Gasteiger partial charge < -0.3 is 5.32 Å². The van der Waals surface area contributed by atoms with Gasteiger partial charge in [0.05, 0.1) is 0 Å². The maximum atomic E-state index is 11.4. The fourth-order valence-electron chi connectivity index (χ4n) is 1.95. The number of amides is 1. The summed E-state index contributed by atoms with van der Waals surface area (Å²) in [6.07, 6.45) is 8.21. The van der Waals surface area contributed by atoms with E-state index >= 15 is 0 Å². The Bertz CT molecular complexity index is 150. The second-order valence-corrected chi connectivity index (χ2v) is 4.06. The predicted octanol–water partition coefficient (Wildman–Crippen LogP) is 2.48. The number of carbonyl (C=O) groups is 1. The van der Waals surface area contributed by atoms with Crippen molar-refractivity contribution in [1.29, 1.82) is 0 Å². The third-order valence-electron chi connectivity index (χ3n) is 2.80. The molecule has 1 saturated carbocycles. The monoisotopic (exact) mass is 183 g/mol. The molecule has 1 aliphatic carbocycles. The van der Waals surface area contributed by atoms with Crippen LogP contribution in [0.4, 0.5) is 0 Å². The first kappa shape index (κ1) is 10.6. The lowest BCUT2D eigenvalue weighted by atomic mass is 10.0. The minimum Gasteiger partial charge on any atom is -0.356 e. The molecular formula is C11H21NO. The number of unbranched alkanes of at least 4 members (excludes halogenated alkanes) is 1. The largest absolute Gasteiger partial charge is 0.356 e. The molecular weight excluding hydrogens is 162 g/mol. The molecule has 0 atom stereocenters. The van der Waals surface area contributed by atoms with Crippen LogP contribution in [0, 0.1) is 5.92 Å². The van der Waals surface area contributed by atoms with Crippen molar-refractivity contribution in [2.75, 3.05) is 6.54 Å². The van der Waals surface area contributed by atoms with Crippen LogP contribution in [-0.2, 0) is 4.79 Å². The Balaban J connectivity index is 2.02. The quantitative estimate of drug-likeness (QED) is 0.652. The molecule has 2 nitrogen and oxygen atoms in total. The highest BCUT2D eigenvalue weighted by Gasteiger charge is 2.17. The summed E-state index contributed by atoms with van der Waals surface area (Å²) in [6.45, 7) is 3.01. The smallest absolute Gasteiger partial charge is 0.220 e. The molecule has 13 heavy (non-hydrogen) atoms. The SMILES string of the molecule is CCCCNC(=O)CC1CCCC1. The molecule has 1 amide bonds. The average Bonchev–Trinajstić information content (AvgIpc) is 2.57. The molecule has 0 radical (unpaired) electrons. The van der Waals surface area contributed by atoms with Crippen molar-refractivity contribution in [3.63, 3.8) is 0 Å². The second kappa shape index (κ2) is 6.01. The Morgan fingerprint density at radius 3 is 2.69 bits per heavy atom. The molecule has 0 saturated heterocycles. The molecule has 2 heteroatoms. The molecule has 0 spiro atoms. The van der Waals surface area contributed by atoms with Crippen LogP contribution in [0.25, 0.3) is 0 Å². The Hall–Kier alpha value is -0.530. The highest BCUT2D eigenvalue weighted by Crippen LogP contribution is 2.27. The van der Waals surface area contributed by atoms with Gasteiger partial charge in [-0.15, -0.1) is 0 Å². The van der Waals surface area contributed by atoms with Gasteiger partial charge in [0.25, 0.3) is 0 Å². The van der Waals surface area contributed by atoms with Crippen molar-refractivity contribution < 1.29 is 4.79 Å². The molecule has 1 aliphatic rings. The lowest BCUT2D eigenvalue weighted by Gasteiger charge is -2.08. The van der Waals surface area contributed by atoms with Crippen molar-refractivity contribution in [3.8, 4) is 0 Å². The van der Waals surface area contributed by atoms with Gasteiger partial charge in [-0.2, -0.15) is 0 Å². The number of carbonyl (C=O) groups excluding carboxylic acids is 1. The van der Waals surface area contributed by atoms with Crippen LogP contribution in [0.1, 0.15) is 51.9 Å². The standard InChI is InChI=1S/C11H21NO/c1-2-3-8-12-11(13)9-10-6-4-5-7-10/h10H,2-9H2,1H3,(H,12,13). The topological polar surface area (TPSA) is 29.1 Å². The van der Waals surface area contributed by atoms with E-state index in [2.05, 4.69) is 12.2 Å². The fourth-order valence-corrected chi connectivity index (χ4v) is 1.95. The van der Waals surface area contributed by atoms with Crippen LogP contribution in [0.3, 0.4) is 0 Å². The summed E-state index contributed by atoms with van der Waals surface area (Å²) in [5.74, 6) is 0.946. The van der Waals surface area contributed by atoms with E-state index in [0.29, 0.717) is 5.92 Å². The van der Waals surface area contributed by atoms with Gasteiger partial charge in [0.2, 0.25) is 5.91 Å². The molecule has 1 rings (SSSR count). The van der Waals surface area contributed by atoms with Gasteiger partial charge in [-0.25, -0.2) is 0 Å². The summed E-state index contributed by atoms with van der Waals surface area (Å²) in [5.41, 5.74) is 0. The summed E-state index contributed by atoms with van der Waals surface area (Å²) < 4.78 is 0. The van der Waals surface area contributed by atoms with E-state index in [4.69, 9.17) is 0 Å². The molecule has 0 bridgehead atoms. The number of nitrogens with one attached hydrogen (secondary N) is 1. The molecule has 0 aromatic carbocycles. The first-order chi connectivity index (χ1) is 6.33. The lowest BCUT2D eigenvalue weighted by molar-refractivity contribution is -0.121. The van der Waals surface area contributed by atoms with E-state index in [1.807, 2.05) is 0 Å². The van der Waals surface area contributed by atoms with E-state index < -0.39 is 0 Å². The number of hydrogen-bond acceptors (Lipinski definition) is 1. The molecule has 0 aromatic heterocycles. The first-order valence-electron chi connectivity index (χ1n) is 5.59. The molecule has 0 heterocycles. The van der Waals surface area contributed by atoms with E-state index in [1.54, 1.807) is 0 Å². The molecule has 0 unspecified atom stereocenters. The van der Waals surface area contributed by atoms with E-state index in [0.717, 1.165) is 25.8 Å². The van der Waals surface area contributed by atoms with Gasteiger partial charge in [-0.05, 0) is 25.2 Å².